The monoisotopic (exact) mass is 388 g/mol. The number of carbonyl (C=O) groups is 1. The van der Waals surface area contributed by atoms with E-state index in [1.807, 2.05) is 53.3 Å². The molecule has 0 aliphatic carbocycles. The van der Waals surface area contributed by atoms with Crippen LogP contribution in [0, 0.1) is 0 Å². The first-order chi connectivity index (χ1) is 14.3. The van der Waals surface area contributed by atoms with E-state index >= 15 is 0 Å². The van der Waals surface area contributed by atoms with Crippen molar-refractivity contribution >= 4 is 23.4 Å². The molecule has 1 saturated heterocycles. The minimum absolute atomic E-state index is 0.167. The molecule has 1 aliphatic rings. The van der Waals surface area contributed by atoms with Gasteiger partial charge in [0.15, 0.2) is 0 Å². The lowest BCUT2D eigenvalue weighted by Crippen LogP contribution is -2.36. The summed E-state index contributed by atoms with van der Waals surface area (Å²) >= 11 is 0. The molecule has 1 amide bonds. The Kier molecular flexibility index (Phi) is 6.02. The first-order valence-electron chi connectivity index (χ1n) is 9.74. The molecule has 148 valence electrons. The molecule has 2 heterocycles. The smallest absolute Gasteiger partial charge is 0.248 e. The number of nitrogens with zero attached hydrogens (tertiary/aromatic N) is 3. The minimum Gasteiger partial charge on any atom is -0.378 e. The summed E-state index contributed by atoms with van der Waals surface area (Å²) in [6.07, 6.45) is 6.98. The highest BCUT2D eigenvalue weighted by Gasteiger charge is 2.10. The predicted molar refractivity (Wildman–Crippen MR) is 115 cm³/mol. The lowest BCUT2D eigenvalue weighted by molar-refractivity contribution is -0.111. The molecule has 0 bridgehead atoms. The summed E-state index contributed by atoms with van der Waals surface area (Å²) in [7, 11) is 0. The number of aromatic nitrogens is 2. The van der Waals surface area contributed by atoms with Crippen LogP contribution in [0.1, 0.15) is 11.1 Å². The zero-order valence-electron chi connectivity index (χ0n) is 16.2. The Balaban J connectivity index is 1.30. The zero-order valence-corrected chi connectivity index (χ0v) is 16.2. The van der Waals surface area contributed by atoms with Crippen molar-refractivity contribution in [3.05, 3.63) is 84.2 Å². The van der Waals surface area contributed by atoms with Crippen molar-refractivity contribution in [1.82, 2.24) is 9.78 Å². The maximum Gasteiger partial charge on any atom is 0.248 e. The standard InChI is InChI=1S/C23H24N4O2/c28-23(25-21-7-9-22(10-8-21)26-12-14-29-15-13-26)11-6-20-16-24-27(18-20)17-19-4-2-1-3-5-19/h1-11,16,18H,12-15,17H2,(H,25,28)/b11-6+. The highest BCUT2D eigenvalue weighted by molar-refractivity contribution is 6.01. The van der Waals surface area contributed by atoms with Gasteiger partial charge in [-0.05, 0) is 35.9 Å². The van der Waals surface area contributed by atoms with E-state index < -0.39 is 0 Å². The van der Waals surface area contributed by atoms with Gasteiger partial charge in [-0.2, -0.15) is 5.10 Å². The number of amides is 1. The number of hydrogen-bond donors (Lipinski definition) is 1. The zero-order chi connectivity index (χ0) is 19.9. The van der Waals surface area contributed by atoms with Gasteiger partial charge in [-0.3, -0.25) is 9.48 Å². The second-order valence-corrected chi connectivity index (χ2v) is 6.93. The largest absolute Gasteiger partial charge is 0.378 e. The lowest BCUT2D eigenvalue weighted by atomic mass is 10.2. The molecule has 1 fully saturated rings. The summed E-state index contributed by atoms with van der Waals surface area (Å²) in [5, 5.41) is 7.24. The third-order valence-electron chi connectivity index (χ3n) is 4.78. The molecule has 3 aromatic rings. The van der Waals surface area contributed by atoms with Gasteiger partial charge in [-0.1, -0.05) is 30.3 Å². The van der Waals surface area contributed by atoms with Crippen LogP contribution in [0.3, 0.4) is 0 Å². The topological polar surface area (TPSA) is 59.4 Å². The van der Waals surface area contributed by atoms with E-state index in [0.717, 1.165) is 43.2 Å². The van der Waals surface area contributed by atoms with Crippen LogP contribution in [0.25, 0.3) is 6.08 Å². The van der Waals surface area contributed by atoms with Crippen molar-refractivity contribution in [1.29, 1.82) is 0 Å². The Morgan fingerprint density at radius 3 is 2.59 bits per heavy atom. The third kappa shape index (κ3) is 5.33. The molecule has 0 atom stereocenters. The number of carbonyl (C=O) groups excluding carboxylic acids is 1. The molecule has 1 aliphatic heterocycles. The lowest BCUT2D eigenvalue weighted by Gasteiger charge is -2.28. The van der Waals surface area contributed by atoms with E-state index in [0.29, 0.717) is 6.54 Å². The first-order valence-corrected chi connectivity index (χ1v) is 9.74. The van der Waals surface area contributed by atoms with Crippen LogP contribution in [-0.2, 0) is 16.1 Å². The van der Waals surface area contributed by atoms with E-state index in [2.05, 4.69) is 27.4 Å². The van der Waals surface area contributed by atoms with E-state index in [1.165, 1.54) is 11.6 Å². The molecule has 6 nitrogen and oxygen atoms in total. The number of rotatable bonds is 6. The molecule has 0 radical (unpaired) electrons. The average Bonchev–Trinajstić information content (AvgIpc) is 3.21. The summed E-state index contributed by atoms with van der Waals surface area (Å²) in [6.45, 7) is 4.01. The van der Waals surface area contributed by atoms with Crippen LogP contribution in [0.5, 0.6) is 0 Å². The average molecular weight is 388 g/mol. The molecule has 1 aromatic heterocycles. The SMILES string of the molecule is O=C(/C=C/c1cnn(Cc2ccccc2)c1)Nc1ccc(N2CCOCC2)cc1. The number of benzene rings is 2. The van der Waals surface area contributed by atoms with Crippen molar-refractivity contribution < 1.29 is 9.53 Å². The Morgan fingerprint density at radius 1 is 1.07 bits per heavy atom. The van der Waals surface area contributed by atoms with Crippen LogP contribution >= 0.6 is 0 Å². The molecule has 0 unspecified atom stereocenters. The van der Waals surface area contributed by atoms with Gasteiger partial charge in [0, 0.05) is 42.3 Å². The van der Waals surface area contributed by atoms with E-state index in [1.54, 1.807) is 12.3 Å². The Morgan fingerprint density at radius 2 is 1.83 bits per heavy atom. The second-order valence-electron chi connectivity index (χ2n) is 6.93. The predicted octanol–water partition coefficient (Wildman–Crippen LogP) is 3.42. The highest BCUT2D eigenvalue weighted by atomic mass is 16.5. The number of morpholine rings is 1. The molecular formula is C23H24N4O2. The molecule has 4 rings (SSSR count). The van der Waals surface area contributed by atoms with Gasteiger partial charge < -0.3 is 15.0 Å². The van der Waals surface area contributed by atoms with Crippen molar-refractivity contribution in [3.8, 4) is 0 Å². The highest BCUT2D eigenvalue weighted by Crippen LogP contribution is 2.19. The van der Waals surface area contributed by atoms with Crippen LogP contribution < -0.4 is 10.2 Å². The molecular weight excluding hydrogens is 364 g/mol. The number of anilines is 2. The molecule has 6 heteroatoms. The molecule has 0 saturated carbocycles. The third-order valence-corrected chi connectivity index (χ3v) is 4.78. The maximum atomic E-state index is 12.2. The minimum atomic E-state index is -0.167. The molecule has 0 spiro atoms. The van der Waals surface area contributed by atoms with Crippen molar-refractivity contribution in [2.45, 2.75) is 6.54 Å². The fraction of sp³-hybridized carbons (Fsp3) is 0.217. The van der Waals surface area contributed by atoms with Crippen LogP contribution in [0.4, 0.5) is 11.4 Å². The Labute approximate surface area is 170 Å². The maximum absolute atomic E-state index is 12.2. The Hall–Kier alpha value is -3.38. The molecule has 29 heavy (non-hydrogen) atoms. The number of ether oxygens (including phenoxy) is 1. The summed E-state index contributed by atoms with van der Waals surface area (Å²) in [6, 6.07) is 18.0. The summed E-state index contributed by atoms with van der Waals surface area (Å²) in [4.78, 5) is 14.5. The van der Waals surface area contributed by atoms with Crippen molar-refractivity contribution in [2.75, 3.05) is 36.5 Å². The summed E-state index contributed by atoms with van der Waals surface area (Å²) in [5.41, 5.74) is 3.99. The second kappa shape index (κ2) is 9.21. The molecule has 1 N–H and O–H groups in total. The van der Waals surface area contributed by atoms with Gasteiger partial charge in [0.25, 0.3) is 0 Å². The van der Waals surface area contributed by atoms with Crippen molar-refractivity contribution in [3.63, 3.8) is 0 Å². The van der Waals surface area contributed by atoms with Gasteiger partial charge in [0.05, 0.1) is 26.0 Å². The fourth-order valence-corrected chi connectivity index (χ4v) is 3.26. The quantitative estimate of drug-likeness (QED) is 0.658. The molecule has 2 aromatic carbocycles. The number of hydrogen-bond acceptors (Lipinski definition) is 4. The van der Waals surface area contributed by atoms with Gasteiger partial charge >= 0.3 is 0 Å². The fourth-order valence-electron chi connectivity index (χ4n) is 3.26. The Bertz CT molecular complexity index is 958. The normalized spacial score (nSPS) is 14.3. The first kappa shape index (κ1) is 19.0. The van der Waals surface area contributed by atoms with Crippen molar-refractivity contribution in [2.24, 2.45) is 0 Å². The summed E-state index contributed by atoms with van der Waals surface area (Å²) < 4.78 is 7.24. The van der Waals surface area contributed by atoms with Gasteiger partial charge in [0.2, 0.25) is 5.91 Å². The van der Waals surface area contributed by atoms with Crippen LogP contribution in [0.2, 0.25) is 0 Å². The van der Waals surface area contributed by atoms with Gasteiger partial charge in [0.1, 0.15) is 0 Å². The summed E-state index contributed by atoms with van der Waals surface area (Å²) in [5.74, 6) is -0.167. The van der Waals surface area contributed by atoms with Crippen LogP contribution in [-0.4, -0.2) is 42.0 Å². The van der Waals surface area contributed by atoms with Gasteiger partial charge in [-0.25, -0.2) is 0 Å². The van der Waals surface area contributed by atoms with Gasteiger partial charge in [-0.15, -0.1) is 0 Å². The van der Waals surface area contributed by atoms with E-state index in [-0.39, 0.29) is 5.91 Å². The van der Waals surface area contributed by atoms with E-state index in [4.69, 9.17) is 4.74 Å². The van der Waals surface area contributed by atoms with E-state index in [9.17, 15) is 4.79 Å². The van der Waals surface area contributed by atoms with Crippen LogP contribution in [0.15, 0.2) is 73.1 Å². The number of nitrogens with one attached hydrogen (secondary N) is 1.